The third-order valence-electron chi connectivity index (χ3n) is 4.85. The predicted octanol–water partition coefficient (Wildman–Crippen LogP) is 4.56. The van der Waals surface area contributed by atoms with E-state index in [4.69, 9.17) is 9.47 Å². The molecule has 31 heavy (non-hydrogen) atoms. The maximum absolute atomic E-state index is 13.0. The van der Waals surface area contributed by atoms with Gasteiger partial charge in [-0.25, -0.2) is 0 Å². The Bertz CT molecular complexity index is 824. The molecule has 0 radical (unpaired) electrons. The minimum absolute atomic E-state index is 0.0691. The van der Waals surface area contributed by atoms with Crippen LogP contribution in [0.1, 0.15) is 38.7 Å². The lowest BCUT2D eigenvalue weighted by Gasteiger charge is -2.29. The molecule has 6 nitrogen and oxygen atoms in total. The van der Waals surface area contributed by atoms with Crippen molar-refractivity contribution < 1.29 is 19.1 Å². The van der Waals surface area contributed by atoms with Crippen molar-refractivity contribution in [2.24, 2.45) is 0 Å². The summed E-state index contributed by atoms with van der Waals surface area (Å²) in [6.07, 6.45) is 1.71. The molecule has 1 N–H and O–H groups in total. The Labute approximate surface area is 193 Å². The number of nitrogens with one attached hydrogen (secondary N) is 1. The number of carbonyl (C=O) groups is 2. The predicted molar refractivity (Wildman–Crippen MR) is 125 cm³/mol. The molecule has 0 aliphatic heterocycles. The number of hydrogen-bond donors (Lipinski definition) is 1. The number of halogens is 1. The second-order valence-corrected chi connectivity index (χ2v) is 8.16. The fraction of sp³-hybridized carbons (Fsp3) is 0.417. The summed E-state index contributed by atoms with van der Waals surface area (Å²) in [6, 6.07) is 14.5. The number of hydrogen-bond acceptors (Lipinski definition) is 4. The molecule has 168 valence electrons. The SMILES string of the molecule is CCCNC(=O)[C@@H](C)N(Cc1ccc(Br)cc1)C(=O)CCCOc1ccc(OC)cc1. The largest absolute Gasteiger partial charge is 0.497 e. The topological polar surface area (TPSA) is 67.9 Å². The Hall–Kier alpha value is -2.54. The van der Waals surface area contributed by atoms with Gasteiger partial charge in [0.05, 0.1) is 13.7 Å². The van der Waals surface area contributed by atoms with Crippen LogP contribution >= 0.6 is 15.9 Å². The monoisotopic (exact) mass is 490 g/mol. The molecule has 7 heteroatoms. The van der Waals surface area contributed by atoms with Gasteiger partial charge >= 0.3 is 0 Å². The first-order chi connectivity index (χ1) is 14.9. The Balaban J connectivity index is 1.95. The number of carbonyl (C=O) groups excluding carboxylic acids is 2. The molecule has 0 saturated heterocycles. The maximum atomic E-state index is 13.0. The molecule has 2 aromatic carbocycles. The van der Waals surface area contributed by atoms with E-state index in [0.29, 0.717) is 32.5 Å². The van der Waals surface area contributed by atoms with E-state index < -0.39 is 6.04 Å². The molecule has 2 aromatic rings. The van der Waals surface area contributed by atoms with E-state index in [1.807, 2.05) is 55.5 Å². The van der Waals surface area contributed by atoms with Crippen molar-refractivity contribution in [2.45, 2.75) is 45.7 Å². The normalized spacial score (nSPS) is 11.5. The molecule has 1 atom stereocenters. The third kappa shape index (κ3) is 8.25. The van der Waals surface area contributed by atoms with Crippen LogP contribution in [0.15, 0.2) is 53.0 Å². The Kier molecular flexibility index (Phi) is 10.4. The average molecular weight is 491 g/mol. The standard InChI is InChI=1S/C24H31BrN2O4/c1-4-15-26-24(29)18(2)27(17-19-7-9-20(25)10-8-19)23(28)6-5-16-31-22-13-11-21(30-3)12-14-22/h7-14,18H,4-6,15-17H2,1-3H3,(H,26,29)/t18-/m1/s1. The summed E-state index contributed by atoms with van der Waals surface area (Å²) < 4.78 is 11.8. The van der Waals surface area contributed by atoms with E-state index >= 15 is 0 Å². The minimum Gasteiger partial charge on any atom is -0.497 e. The lowest BCUT2D eigenvalue weighted by atomic mass is 10.1. The van der Waals surface area contributed by atoms with Crippen LogP contribution in [-0.4, -0.2) is 43.0 Å². The molecule has 0 aliphatic carbocycles. The van der Waals surface area contributed by atoms with Gasteiger partial charge in [-0.15, -0.1) is 0 Å². The molecular formula is C24H31BrN2O4. The first-order valence-corrected chi connectivity index (χ1v) is 11.3. The van der Waals surface area contributed by atoms with Gasteiger partial charge in [-0.2, -0.15) is 0 Å². The van der Waals surface area contributed by atoms with E-state index in [1.165, 1.54) is 0 Å². The van der Waals surface area contributed by atoms with Crippen molar-refractivity contribution in [1.82, 2.24) is 10.2 Å². The van der Waals surface area contributed by atoms with E-state index in [9.17, 15) is 9.59 Å². The van der Waals surface area contributed by atoms with Crippen LogP contribution in [-0.2, 0) is 16.1 Å². The van der Waals surface area contributed by atoms with Gasteiger partial charge < -0.3 is 19.7 Å². The van der Waals surface area contributed by atoms with Crippen molar-refractivity contribution in [1.29, 1.82) is 0 Å². The number of amides is 2. The van der Waals surface area contributed by atoms with Gasteiger partial charge in [0.1, 0.15) is 17.5 Å². The summed E-state index contributed by atoms with van der Waals surface area (Å²) in [6.45, 7) is 5.17. The number of nitrogens with zero attached hydrogens (tertiary/aromatic N) is 1. The Morgan fingerprint density at radius 3 is 2.32 bits per heavy atom. The third-order valence-corrected chi connectivity index (χ3v) is 5.37. The number of benzene rings is 2. The van der Waals surface area contributed by atoms with Crippen LogP contribution in [0.2, 0.25) is 0 Å². The zero-order valence-corrected chi connectivity index (χ0v) is 20.0. The van der Waals surface area contributed by atoms with Gasteiger partial charge in [0, 0.05) is 24.0 Å². The quantitative estimate of drug-likeness (QED) is 0.442. The molecule has 0 heterocycles. The first kappa shape index (κ1) is 24.7. The molecule has 0 bridgehead atoms. The van der Waals surface area contributed by atoms with E-state index in [1.54, 1.807) is 18.9 Å². The maximum Gasteiger partial charge on any atom is 0.242 e. The van der Waals surface area contributed by atoms with Gasteiger partial charge in [0.15, 0.2) is 0 Å². The van der Waals surface area contributed by atoms with Crippen LogP contribution < -0.4 is 14.8 Å². The van der Waals surface area contributed by atoms with Crippen molar-refractivity contribution in [3.05, 3.63) is 58.6 Å². The molecule has 2 amide bonds. The smallest absolute Gasteiger partial charge is 0.242 e. The van der Waals surface area contributed by atoms with E-state index in [2.05, 4.69) is 21.2 Å². The molecule has 0 unspecified atom stereocenters. The number of rotatable bonds is 12. The van der Waals surface area contributed by atoms with Gasteiger partial charge in [-0.05, 0) is 61.7 Å². The average Bonchev–Trinajstić information content (AvgIpc) is 2.79. The second kappa shape index (κ2) is 13.0. The fourth-order valence-corrected chi connectivity index (χ4v) is 3.26. The van der Waals surface area contributed by atoms with Crippen LogP contribution in [0.4, 0.5) is 0 Å². The number of methoxy groups -OCH3 is 1. The highest BCUT2D eigenvalue weighted by Crippen LogP contribution is 2.18. The fourth-order valence-electron chi connectivity index (χ4n) is 2.99. The van der Waals surface area contributed by atoms with Gasteiger partial charge in [-0.3, -0.25) is 9.59 Å². The van der Waals surface area contributed by atoms with Crippen molar-refractivity contribution in [3.63, 3.8) is 0 Å². The minimum atomic E-state index is -0.551. The molecule has 0 fully saturated rings. The molecule has 2 rings (SSSR count). The van der Waals surface area contributed by atoms with Crippen LogP contribution in [0, 0.1) is 0 Å². The highest BCUT2D eigenvalue weighted by atomic mass is 79.9. The summed E-state index contributed by atoms with van der Waals surface area (Å²) in [5, 5.41) is 2.89. The van der Waals surface area contributed by atoms with Gasteiger partial charge in [-0.1, -0.05) is 35.0 Å². The van der Waals surface area contributed by atoms with Crippen LogP contribution in [0.3, 0.4) is 0 Å². The molecular weight excluding hydrogens is 460 g/mol. The molecule has 0 spiro atoms. The van der Waals surface area contributed by atoms with Gasteiger partial charge in [0.25, 0.3) is 0 Å². The molecule has 0 aromatic heterocycles. The summed E-state index contributed by atoms with van der Waals surface area (Å²) >= 11 is 3.43. The summed E-state index contributed by atoms with van der Waals surface area (Å²) in [4.78, 5) is 27.1. The first-order valence-electron chi connectivity index (χ1n) is 10.5. The summed E-state index contributed by atoms with van der Waals surface area (Å²) in [5.74, 6) is 1.29. The highest BCUT2D eigenvalue weighted by Gasteiger charge is 2.25. The van der Waals surface area contributed by atoms with Gasteiger partial charge in [0.2, 0.25) is 11.8 Å². The molecule has 0 aliphatic rings. The zero-order valence-electron chi connectivity index (χ0n) is 18.4. The molecule has 0 saturated carbocycles. The van der Waals surface area contributed by atoms with Crippen molar-refractivity contribution >= 4 is 27.7 Å². The second-order valence-electron chi connectivity index (χ2n) is 7.24. The number of ether oxygens (including phenoxy) is 2. The highest BCUT2D eigenvalue weighted by molar-refractivity contribution is 9.10. The Morgan fingerprint density at radius 1 is 1.06 bits per heavy atom. The zero-order chi connectivity index (χ0) is 22.6. The van der Waals surface area contributed by atoms with Crippen LogP contribution in [0.5, 0.6) is 11.5 Å². The van der Waals surface area contributed by atoms with Crippen molar-refractivity contribution in [2.75, 3.05) is 20.3 Å². The summed E-state index contributed by atoms with van der Waals surface area (Å²) in [5.41, 5.74) is 0.973. The van der Waals surface area contributed by atoms with E-state index in [-0.39, 0.29) is 11.8 Å². The van der Waals surface area contributed by atoms with Crippen LogP contribution in [0.25, 0.3) is 0 Å². The van der Waals surface area contributed by atoms with Crippen molar-refractivity contribution in [3.8, 4) is 11.5 Å². The Morgan fingerprint density at radius 2 is 1.71 bits per heavy atom. The summed E-state index contributed by atoms with van der Waals surface area (Å²) in [7, 11) is 1.62. The lowest BCUT2D eigenvalue weighted by molar-refractivity contribution is -0.140. The van der Waals surface area contributed by atoms with E-state index in [0.717, 1.165) is 28.0 Å². The lowest BCUT2D eigenvalue weighted by Crippen LogP contribution is -2.47.